The standard InChI is InChI=1S/C9H5F3OS/c10-6-3-14-8-2-7(13)5(9(11)12)1-4(6)8/h1-3,9,13H. The second-order valence-electron chi connectivity index (χ2n) is 2.79. The molecule has 0 saturated carbocycles. The van der Waals surface area contributed by atoms with Gasteiger partial charge in [-0.2, -0.15) is 0 Å². The largest absolute Gasteiger partial charge is 0.507 e. The number of aromatic hydroxyl groups is 1. The van der Waals surface area contributed by atoms with E-state index < -0.39 is 23.6 Å². The van der Waals surface area contributed by atoms with Gasteiger partial charge in [0.25, 0.3) is 6.43 Å². The van der Waals surface area contributed by atoms with Gasteiger partial charge in [0.2, 0.25) is 0 Å². The summed E-state index contributed by atoms with van der Waals surface area (Å²) in [6.07, 6.45) is -2.79. The SMILES string of the molecule is Oc1cc2scc(F)c2cc1C(F)F. The third-order valence-corrected chi connectivity index (χ3v) is 2.83. The van der Waals surface area contributed by atoms with Crippen LogP contribution in [-0.2, 0) is 0 Å². The lowest BCUT2D eigenvalue weighted by Crippen LogP contribution is -1.85. The Balaban J connectivity index is 2.74. The van der Waals surface area contributed by atoms with Crippen molar-refractivity contribution in [1.29, 1.82) is 0 Å². The summed E-state index contributed by atoms with van der Waals surface area (Å²) in [6, 6.07) is 2.14. The van der Waals surface area contributed by atoms with Crippen LogP contribution in [0.1, 0.15) is 12.0 Å². The van der Waals surface area contributed by atoms with Crippen molar-refractivity contribution in [1.82, 2.24) is 0 Å². The molecule has 0 amide bonds. The Labute approximate surface area is 81.4 Å². The van der Waals surface area contributed by atoms with Crippen molar-refractivity contribution < 1.29 is 18.3 Å². The molecule has 0 fully saturated rings. The lowest BCUT2D eigenvalue weighted by molar-refractivity contribution is 0.147. The van der Waals surface area contributed by atoms with Crippen LogP contribution in [0.4, 0.5) is 13.2 Å². The molecular formula is C9H5F3OS. The Morgan fingerprint density at radius 3 is 2.64 bits per heavy atom. The van der Waals surface area contributed by atoms with Crippen LogP contribution in [0.2, 0.25) is 0 Å². The summed E-state index contributed by atoms with van der Waals surface area (Å²) in [4.78, 5) is 0. The van der Waals surface area contributed by atoms with E-state index in [0.29, 0.717) is 4.70 Å². The number of hydrogen-bond donors (Lipinski definition) is 1. The average molecular weight is 218 g/mol. The summed E-state index contributed by atoms with van der Waals surface area (Å²) in [7, 11) is 0. The zero-order valence-corrected chi connectivity index (χ0v) is 7.62. The molecule has 0 aliphatic heterocycles. The molecule has 2 rings (SSSR count). The number of hydrogen-bond acceptors (Lipinski definition) is 2. The van der Waals surface area contributed by atoms with Gasteiger partial charge in [-0.1, -0.05) is 0 Å². The minimum Gasteiger partial charge on any atom is -0.507 e. The lowest BCUT2D eigenvalue weighted by Gasteiger charge is -2.02. The van der Waals surface area contributed by atoms with Crippen LogP contribution >= 0.6 is 11.3 Å². The molecule has 1 heterocycles. The fourth-order valence-corrected chi connectivity index (χ4v) is 2.04. The van der Waals surface area contributed by atoms with E-state index in [4.69, 9.17) is 0 Å². The maximum absolute atomic E-state index is 13.0. The van der Waals surface area contributed by atoms with E-state index in [1.807, 2.05) is 0 Å². The Morgan fingerprint density at radius 2 is 2.00 bits per heavy atom. The van der Waals surface area contributed by atoms with Gasteiger partial charge in [0.1, 0.15) is 11.6 Å². The molecule has 0 radical (unpaired) electrons. The van der Waals surface area contributed by atoms with Crippen molar-refractivity contribution in [3.05, 3.63) is 28.9 Å². The first-order valence-electron chi connectivity index (χ1n) is 3.77. The fourth-order valence-electron chi connectivity index (χ4n) is 1.22. The van der Waals surface area contributed by atoms with Gasteiger partial charge < -0.3 is 5.11 Å². The molecule has 1 aromatic heterocycles. The topological polar surface area (TPSA) is 20.2 Å². The van der Waals surface area contributed by atoms with Crippen LogP contribution in [0.15, 0.2) is 17.5 Å². The second kappa shape index (κ2) is 3.16. The van der Waals surface area contributed by atoms with Crippen LogP contribution in [0.3, 0.4) is 0 Å². The summed E-state index contributed by atoms with van der Waals surface area (Å²) < 4.78 is 38.1. The van der Waals surface area contributed by atoms with Crippen LogP contribution in [0.5, 0.6) is 5.75 Å². The van der Waals surface area contributed by atoms with Crippen molar-refractivity contribution in [3.8, 4) is 5.75 Å². The first-order chi connectivity index (χ1) is 6.59. The molecule has 0 unspecified atom stereocenters. The van der Waals surface area contributed by atoms with Crippen LogP contribution in [0.25, 0.3) is 10.1 Å². The molecule has 0 atom stereocenters. The van der Waals surface area contributed by atoms with E-state index in [1.54, 1.807) is 0 Å². The minimum absolute atomic E-state index is 0.128. The van der Waals surface area contributed by atoms with E-state index in [9.17, 15) is 18.3 Å². The van der Waals surface area contributed by atoms with Crippen LogP contribution < -0.4 is 0 Å². The second-order valence-corrected chi connectivity index (χ2v) is 3.70. The predicted octanol–water partition coefficient (Wildman–Crippen LogP) is 3.68. The molecule has 0 aliphatic rings. The smallest absolute Gasteiger partial charge is 0.267 e. The molecule has 0 bridgehead atoms. The highest BCUT2D eigenvalue weighted by molar-refractivity contribution is 7.17. The molecule has 0 spiro atoms. The summed E-state index contributed by atoms with van der Waals surface area (Å²) in [5.41, 5.74) is -0.533. The fraction of sp³-hybridized carbons (Fsp3) is 0.111. The Hall–Kier alpha value is -1.23. The molecule has 1 nitrogen and oxygen atoms in total. The minimum atomic E-state index is -2.79. The van der Waals surface area contributed by atoms with E-state index in [0.717, 1.165) is 23.5 Å². The van der Waals surface area contributed by atoms with Gasteiger partial charge in [0, 0.05) is 15.5 Å². The van der Waals surface area contributed by atoms with Crippen molar-refractivity contribution >= 4 is 21.4 Å². The number of phenolic OH excluding ortho intramolecular Hbond substituents is 1. The van der Waals surface area contributed by atoms with E-state index >= 15 is 0 Å². The molecule has 0 saturated heterocycles. The Bertz CT molecular complexity index is 478. The zero-order valence-electron chi connectivity index (χ0n) is 6.80. The zero-order chi connectivity index (χ0) is 10.3. The van der Waals surface area contributed by atoms with Crippen molar-refractivity contribution in [3.63, 3.8) is 0 Å². The van der Waals surface area contributed by atoms with Crippen LogP contribution in [-0.4, -0.2) is 5.11 Å². The number of benzene rings is 1. The lowest BCUT2D eigenvalue weighted by atomic mass is 10.1. The van der Waals surface area contributed by atoms with Crippen molar-refractivity contribution in [2.75, 3.05) is 0 Å². The number of halogens is 3. The number of phenols is 1. The number of fused-ring (bicyclic) bond motifs is 1. The van der Waals surface area contributed by atoms with E-state index in [-0.39, 0.29) is 5.39 Å². The highest BCUT2D eigenvalue weighted by Crippen LogP contribution is 2.35. The first-order valence-corrected chi connectivity index (χ1v) is 4.65. The third-order valence-electron chi connectivity index (χ3n) is 1.91. The van der Waals surface area contributed by atoms with Crippen LogP contribution in [0, 0.1) is 5.82 Å². The Kier molecular flexibility index (Phi) is 2.11. The van der Waals surface area contributed by atoms with E-state index in [2.05, 4.69) is 0 Å². The normalized spacial score (nSPS) is 11.4. The van der Waals surface area contributed by atoms with Gasteiger partial charge >= 0.3 is 0 Å². The van der Waals surface area contributed by atoms with Gasteiger partial charge in [0.05, 0.1) is 5.56 Å². The third kappa shape index (κ3) is 1.33. The maximum Gasteiger partial charge on any atom is 0.267 e. The first kappa shape index (κ1) is 9.33. The summed E-state index contributed by atoms with van der Waals surface area (Å²) in [6.45, 7) is 0. The monoisotopic (exact) mass is 218 g/mol. The molecule has 1 aromatic carbocycles. The van der Waals surface area contributed by atoms with Crippen molar-refractivity contribution in [2.45, 2.75) is 6.43 Å². The summed E-state index contributed by atoms with van der Waals surface area (Å²) in [5, 5.41) is 10.5. The summed E-state index contributed by atoms with van der Waals surface area (Å²) in [5.74, 6) is -1.03. The molecule has 0 aliphatic carbocycles. The number of thiophene rings is 1. The molecular weight excluding hydrogens is 213 g/mol. The van der Waals surface area contributed by atoms with Gasteiger partial charge in [-0.3, -0.25) is 0 Å². The van der Waals surface area contributed by atoms with Gasteiger partial charge in [0.15, 0.2) is 0 Å². The van der Waals surface area contributed by atoms with Crippen molar-refractivity contribution in [2.24, 2.45) is 0 Å². The van der Waals surface area contributed by atoms with Gasteiger partial charge in [-0.25, -0.2) is 13.2 Å². The highest BCUT2D eigenvalue weighted by atomic mass is 32.1. The Morgan fingerprint density at radius 1 is 1.29 bits per heavy atom. The number of rotatable bonds is 1. The van der Waals surface area contributed by atoms with Gasteiger partial charge in [-0.05, 0) is 12.1 Å². The quantitative estimate of drug-likeness (QED) is 0.774. The average Bonchev–Trinajstić information content (AvgIpc) is 2.46. The molecule has 1 N–H and O–H groups in total. The molecule has 2 aromatic rings. The number of alkyl halides is 2. The molecule has 5 heteroatoms. The molecule has 74 valence electrons. The maximum atomic E-state index is 13.0. The predicted molar refractivity (Wildman–Crippen MR) is 48.4 cm³/mol. The van der Waals surface area contributed by atoms with Gasteiger partial charge in [-0.15, -0.1) is 11.3 Å². The van der Waals surface area contributed by atoms with E-state index in [1.165, 1.54) is 5.38 Å². The highest BCUT2D eigenvalue weighted by Gasteiger charge is 2.15. The molecule has 14 heavy (non-hydrogen) atoms. The summed E-state index contributed by atoms with van der Waals surface area (Å²) >= 11 is 1.07.